The Hall–Kier alpha value is -2.87. The summed E-state index contributed by atoms with van der Waals surface area (Å²) >= 11 is 1.28. The number of esters is 1. The number of hydrogen-bond acceptors (Lipinski definition) is 5. The number of thioether (sulfide) groups is 1. The largest absolute Gasteiger partial charge is 0.452 e. The van der Waals surface area contributed by atoms with Crippen molar-refractivity contribution < 1.29 is 23.5 Å². The summed E-state index contributed by atoms with van der Waals surface area (Å²) in [6.07, 6.45) is -1.20. The predicted octanol–water partition coefficient (Wildman–Crippen LogP) is 3.20. The lowest BCUT2D eigenvalue weighted by molar-refractivity contribution is -0.153. The molecule has 0 fully saturated rings. The monoisotopic (exact) mass is 388 g/mol. The van der Waals surface area contributed by atoms with Crippen LogP contribution in [0, 0.1) is 5.82 Å². The number of carbonyl (C=O) groups excluding carboxylic acids is 3. The zero-order chi connectivity index (χ0) is 19.4. The average Bonchev–Trinajstić information content (AvgIpc) is 2.64. The van der Waals surface area contributed by atoms with Crippen LogP contribution in [0.15, 0.2) is 53.4 Å². The molecule has 27 heavy (non-hydrogen) atoms. The van der Waals surface area contributed by atoms with Crippen LogP contribution in [0.3, 0.4) is 0 Å². The van der Waals surface area contributed by atoms with Crippen LogP contribution in [-0.4, -0.2) is 29.1 Å². The molecule has 0 bridgehead atoms. The lowest BCUT2D eigenvalue weighted by atomic mass is 10.2. The van der Waals surface area contributed by atoms with E-state index in [1.54, 1.807) is 6.07 Å². The Morgan fingerprint density at radius 2 is 1.93 bits per heavy atom. The summed E-state index contributed by atoms with van der Waals surface area (Å²) in [6.45, 7) is 1.43. The number of fused-ring (bicyclic) bond motifs is 1. The van der Waals surface area contributed by atoms with Crippen LogP contribution in [0.2, 0.25) is 0 Å². The van der Waals surface area contributed by atoms with Crippen molar-refractivity contribution in [3.8, 4) is 0 Å². The quantitative estimate of drug-likeness (QED) is 0.769. The van der Waals surface area contributed by atoms with Gasteiger partial charge in [0.25, 0.3) is 5.91 Å². The van der Waals surface area contributed by atoms with Gasteiger partial charge >= 0.3 is 5.97 Å². The molecular formula is C19H17FN2O4S. The first-order valence-corrected chi connectivity index (χ1v) is 9.13. The third kappa shape index (κ3) is 4.85. The number of amides is 2. The number of benzene rings is 2. The van der Waals surface area contributed by atoms with E-state index in [0.29, 0.717) is 11.4 Å². The van der Waals surface area contributed by atoms with Gasteiger partial charge in [0.1, 0.15) is 5.82 Å². The first-order chi connectivity index (χ1) is 12.9. The molecule has 2 atom stereocenters. The summed E-state index contributed by atoms with van der Waals surface area (Å²) < 4.78 is 18.0. The molecule has 6 nitrogen and oxygen atoms in total. The fourth-order valence-corrected chi connectivity index (χ4v) is 3.55. The molecule has 8 heteroatoms. The van der Waals surface area contributed by atoms with E-state index in [9.17, 15) is 18.8 Å². The lowest BCUT2D eigenvalue weighted by Gasteiger charge is -2.23. The molecule has 0 radical (unpaired) electrons. The van der Waals surface area contributed by atoms with Crippen molar-refractivity contribution in [2.24, 2.45) is 0 Å². The van der Waals surface area contributed by atoms with Crippen LogP contribution >= 0.6 is 11.8 Å². The van der Waals surface area contributed by atoms with Crippen molar-refractivity contribution >= 4 is 40.9 Å². The highest BCUT2D eigenvalue weighted by Gasteiger charge is 2.30. The molecule has 0 aromatic heterocycles. The Balaban J connectivity index is 1.53. The molecular weight excluding hydrogens is 371 g/mol. The van der Waals surface area contributed by atoms with Crippen molar-refractivity contribution in [2.75, 3.05) is 10.6 Å². The third-order valence-electron chi connectivity index (χ3n) is 3.85. The zero-order valence-electron chi connectivity index (χ0n) is 14.4. The first-order valence-electron chi connectivity index (χ1n) is 8.25. The number of hydrogen-bond donors (Lipinski definition) is 2. The summed E-state index contributed by atoms with van der Waals surface area (Å²) in [5.41, 5.74) is 1.10. The van der Waals surface area contributed by atoms with E-state index in [4.69, 9.17) is 4.74 Å². The van der Waals surface area contributed by atoms with Crippen molar-refractivity contribution in [3.63, 3.8) is 0 Å². The van der Waals surface area contributed by atoms with Gasteiger partial charge in [-0.3, -0.25) is 14.4 Å². The number of carbonyl (C=O) groups is 3. The second kappa shape index (κ2) is 8.22. The van der Waals surface area contributed by atoms with Gasteiger partial charge in [-0.15, -0.1) is 11.8 Å². The molecule has 0 spiro atoms. The zero-order valence-corrected chi connectivity index (χ0v) is 15.2. The fourth-order valence-electron chi connectivity index (χ4n) is 2.45. The molecule has 2 amide bonds. The van der Waals surface area contributed by atoms with Gasteiger partial charge in [0.05, 0.1) is 17.4 Å². The standard InChI is InChI=1S/C19H17FN2O4S/c1-11(18(24)21-13-8-6-12(20)7-9-13)26-17(23)10-16-19(25)22-14-4-2-3-5-15(14)27-16/h2-9,11,16H,10H2,1H3,(H,21,24)(H,22,25)/t11-,16+/m1/s1. The second-order valence-electron chi connectivity index (χ2n) is 5.92. The van der Waals surface area contributed by atoms with Gasteiger partial charge in [-0.2, -0.15) is 0 Å². The molecule has 0 unspecified atom stereocenters. The van der Waals surface area contributed by atoms with Crippen LogP contribution in [0.1, 0.15) is 13.3 Å². The normalized spacial score (nSPS) is 16.7. The molecule has 2 aromatic rings. The molecule has 2 N–H and O–H groups in total. The lowest BCUT2D eigenvalue weighted by Crippen LogP contribution is -2.34. The maximum atomic E-state index is 12.9. The summed E-state index contributed by atoms with van der Waals surface area (Å²) in [4.78, 5) is 37.2. The molecule has 0 aliphatic carbocycles. The average molecular weight is 388 g/mol. The smallest absolute Gasteiger partial charge is 0.308 e. The number of nitrogens with one attached hydrogen (secondary N) is 2. The Bertz CT molecular complexity index is 872. The van der Waals surface area contributed by atoms with Crippen molar-refractivity contribution in [2.45, 2.75) is 29.6 Å². The Kier molecular flexibility index (Phi) is 5.75. The molecule has 1 heterocycles. The molecule has 2 aromatic carbocycles. The topological polar surface area (TPSA) is 84.5 Å². The second-order valence-corrected chi connectivity index (χ2v) is 7.17. The Labute approximate surface area is 159 Å². The van der Waals surface area contributed by atoms with Gasteiger partial charge in [0, 0.05) is 10.6 Å². The molecule has 0 saturated heterocycles. The van der Waals surface area contributed by atoms with Crippen molar-refractivity contribution in [3.05, 3.63) is 54.3 Å². The van der Waals surface area contributed by atoms with Gasteiger partial charge in [0.15, 0.2) is 6.10 Å². The fraction of sp³-hybridized carbons (Fsp3) is 0.211. The number of anilines is 2. The minimum absolute atomic E-state index is 0.154. The van der Waals surface area contributed by atoms with E-state index in [1.165, 1.54) is 43.0 Å². The van der Waals surface area contributed by atoms with Crippen LogP contribution in [0.5, 0.6) is 0 Å². The van der Waals surface area contributed by atoms with Crippen LogP contribution < -0.4 is 10.6 Å². The highest BCUT2D eigenvalue weighted by molar-refractivity contribution is 8.01. The number of halogens is 1. The number of ether oxygens (including phenoxy) is 1. The van der Waals surface area contributed by atoms with Gasteiger partial charge in [-0.05, 0) is 43.3 Å². The van der Waals surface area contributed by atoms with E-state index in [1.807, 2.05) is 18.2 Å². The predicted molar refractivity (Wildman–Crippen MR) is 99.9 cm³/mol. The van der Waals surface area contributed by atoms with E-state index in [0.717, 1.165) is 4.90 Å². The Morgan fingerprint density at radius 3 is 2.67 bits per heavy atom. The summed E-state index contributed by atoms with van der Waals surface area (Å²) in [7, 11) is 0. The van der Waals surface area contributed by atoms with E-state index in [-0.39, 0.29) is 12.3 Å². The minimum Gasteiger partial charge on any atom is -0.452 e. The highest BCUT2D eigenvalue weighted by Crippen LogP contribution is 2.36. The van der Waals surface area contributed by atoms with Gasteiger partial charge < -0.3 is 15.4 Å². The first kappa shape index (κ1) is 18.9. The van der Waals surface area contributed by atoms with Crippen molar-refractivity contribution in [1.29, 1.82) is 0 Å². The van der Waals surface area contributed by atoms with Gasteiger partial charge in [0.2, 0.25) is 5.91 Å². The summed E-state index contributed by atoms with van der Waals surface area (Å²) in [6, 6.07) is 12.5. The number of para-hydroxylation sites is 1. The van der Waals surface area contributed by atoms with Gasteiger partial charge in [-0.25, -0.2) is 4.39 Å². The summed E-state index contributed by atoms with van der Waals surface area (Å²) in [5, 5.41) is 4.66. The van der Waals surface area contributed by atoms with Gasteiger partial charge in [-0.1, -0.05) is 12.1 Å². The third-order valence-corrected chi connectivity index (χ3v) is 5.12. The molecule has 3 rings (SSSR count). The molecule has 0 saturated carbocycles. The highest BCUT2D eigenvalue weighted by atomic mass is 32.2. The van der Waals surface area contributed by atoms with Crippen LogP contribution in [0.4, 0.5) is 15.8 Å². The van der Waals surface area contributed by atoms with Crippen LogP contribution in [0.25, 0.3) is 0 Å². The molecule has 1 aliphatic rings. The molecule has 140 valence electrons. The van der Waals surface area contributed by atoms with E-state index in [2.05, 4.69) is 10.6 Å². The number of rotatable bonds is 5. The van der Waals surface area contributed by atoms with Crippen LogP contribution in [-0.2, 0) is 19.1 Å². The summed E-state index contributed by atoms with van der Waals surface area (Å²) in [5.74, 6) is -1.89. The Morgan fingerprint density at radius 1 is 1.22 bits per heavy atom. The maximum Gasteiger partial charge on any atom is 0.308 e. The SMILES string of the molecule is C[C@@H](OC(=O)C[C@@H]1Sc2ccccc2NC1=O)C(=O)Nc1ccc(F)cc1. The minimum atomic E-state index is -1.05. The van der Waals surface area contributed by atoms with Crippen molar-refractivity contribution in [1.82, 2.24) is 0 Å². The van der Waals surface area contributed by atoms with E-state index < -0.39 is 29.0 Å². The van der Waals surface area contributed by atoms with E-state index >= 15 is 0 Å². The molecule has 1 aliphatic heterocycles. The maximum absolute atomic E-state index is 12.9.